The van der Waals surface area contributed by atoms with E-state index in [1.807, 2.05) is 40.1 Å². The monoisotopic (exact) mass is 495 g/mol. The van der Waals surface area contributed by atoms with Crippen LogP contribution < -0.4 is 5.32 Å². The Balaban J connectivity index is 1.16. The van der Waals surface area contributed by atoms with Crippen molar-refractivity contribution in [3.05, 3.63) is 65.7 Å². The lowest BCUT2D eigenvalue weighted by Gasteiger charge is -2.37. The molecule has 2 saturated heterocycles. The van der Waals surface area contributed by atoms with Crippen LogP contribution in [0, 0.1) is 0 Å². The summed E-state index contributed by atoms with van der Waals surface area (Å²) < 4.78 is 29.0. The molecule has 2 aromatic carbocycles. The topological polar surface area (TPSA) is 102 Å². The average molecular weight is 496 g/mol. The molecule has 0 unspecified atom stereocenters. The Bertz CT molecular complexity index is 1240. The van der Waals surface area contributed by atoms with E-state index >= 15 is 0 Å². The number of nitrogens with one attached hydrogen (secondary N) is 1. The van der Waals surface area contributed by atoms with Crippen LogP contribution in [0.1, 0.15) is 24.0 Å². The van der Waals surface area contributed by atoms with Crippen molar-refractivity contribution in [1.29, 1.82) is 0 Å². The smallest absolute Gasteiger partial charge is 0.285 e. The molecule has 35 heavy (non-hydrogen) atoms. The maximum atomic E-state index is 13.4. The Kier molecular flexibility index (Phi) is 6.57. The van der Waals surface area contributed by atoms with Crippen molar-refractivity contribution >= 4 is 27.7 Å². The number of benzene rings is 2. The summed E-state index contributed by atoms with van der Waals surface area (Å²) in [5, 5.41) is 2.95. The van der Waals surface area contributed by atoms with E-state index in [9.17, 15) is 18.0 Å². The highest BCUT2D eigenvalue weighted by Crippen LogP contribution is 2.31. The molecule has 0 aromatic heterocycles. The van der Waals surface area contributed by atoms with Crippen molar-refractivity contribution in [2.75, 3.05) is 39.3 Å². The first-order valence-electron chi connectivity index (χ1n) is 12.0. The highest BCUT2D eigenvalue weighted by atomic mass is 32.2. The van der Waals surface area contributed by atoms with E-state index in [4.69, 9.17) is 0 Å². The van der Waals surface area contributed by atoms with Gasteiger partial charge in [0.1, 0.15) is 10.9 Å². The first-order chi connectivity index (χ1) is 16.9. The predicted octanol–water partition coefficient (Wildman–Crippen LogP) is 1.06. The molecule has 3 heterocycles. The molecule has 0 saturated carbocycles. The molecule has 0 bridgehead atoms. The van der Waals surface area contributed by atoms with E-state index in [0.717, 1.165) is 12.0 Å². The summed E-state index contributed by atoms with van der Waals surface area (Å²) in [6, 6.07) is 16.1. The van der Waals surface area contributed by atoms with E-state index in [-0.39, 0.29) is 16.7 Å². The SMILES string of the molecule is O=C(CN1CCN(C(=O)[C@@H]2CCCN2C2=NS(=O)(=O)c3ccccc32)CC1)NCc1ccccc1. The molecule has 2 fully saturated rings. The molecule has 184 valence electrons. The fraction of sp³-hybridized carbons (Fsp3) is 0.400. The van der Waals surface area contributed by atoms with E-state index in [0.29, 0.717) is 63.6 Å². The van der Waals surface area contributed by atoms with Crippen LogP contribution in [0.25, 0.3) is 0 Å². The number of likely N-dealkylation sites (tertiary alicyclic amines) is 1. The third-order valence-corrected chi connectivity index (χ3v) is 8.13. The van der Waals surface area contributed by atoms with Gasteiger partial charge in [0.25, 0.3) is 10.0 Å². The second-order valence-corrected chi connectivity index (χ2v) is 10.7. The minimum absolute atomic E-state index is 0.000146. The van der Waals surface area contributed by atoms with E-state index < -0.39 is 16.1 Å². The molecule has 0 aliphatic carbocycles. The number of hydrogen-bond acceptors (Lipinski definition) is 6. The average Bonchev–Trinajstić information content (AvgIpc) is 3.46. The van der Waals surface area contributed by atoms with E-state index in [2.05, 4.69) is 14.6 Å². The van der Waals surface area contributed by atoms with Crippen molar-refractivity contribution in [3.63, 3.8) is 0 Å². The standard InChI is InChI=1S/C25H29N5O4S/c31-23(26-17-19-7-2-1-3-8-19)18-28-13-15-29(16-14-28)25(32)21-10-6-12-30(21)24-20-9-4-5-11-22(20)35(33,34)27-24/h1-5,7-9,11,21H,6,10,12-18H2,(H,26,31)/t21-/m0/s1. The van der Waals surface area contributed by atoms with Crippen molar-refractivity contribution in [2.24, 2.45) is 4.40 Å². The summed E-state index contributed by atoms with van der Waals surface area (Å²) >= 11 is 0. The Labute approximate surface area is 205 Å². The molecule has 1 atom stereocenters. The summed E-state index contributed by atoms with van der Waals surface area (Å²) in [6.45, 7) is 3.71. The van der Waals surface area contributed by atoms with Crippen molar-refractivity contribution < 1.29 is 18.0 Å². The highest BCUT2D eigenvalue weighted by molar-refractivity contribution is 7.90. The number of nitrogens with zero attached hydrogens (tertiary/aromatic N) is 4. The predicted molar refractivity (Wildman–Crippen MR) is 131 cm³/mol. The number of sulfonamides is 1. The maximum absolute atomic E-state index is 13.4. The van der Waals surface area contributed by atoms with Gasteiger partial charge in [0, 0.05) is 44.8 Å². The maximum Gasteiger partial charge on any atom is 0.285 e. The van der Waals surface area contributed by atoms with Crippen LogP contribution in [0.3, 0.4) is 0 Å². The fourth-order valence-electron chi connectivity index (χ4n) is 4.97. The summed E-state index contributed by atoms with van der Waals surface area (Å²) in [7, 11) is -3.73. The van der Waals surface area contributed by atoms with Crippen LogP contribution in [-0.2, 0) is 26.2 Å². The van der Waals surface area contributed by atoms with Gasteiger partial charge in [-0.25, -0.2) is 0 Å². The molecule has 1 N–H and O–H groups in total. The molecular formula is C25H29N5O4S. The molecule has 2 aromatic rings. The number of hydrogen-bond donors (Lipinski definition) is 1. The van der Waals surface area contributed by atoms with Crippen molar-refractivity contribution in [3.8, 4) is 0 Å². The van der Waals surface area contributed by atoms with Crippen LogP contribution in [0.15, 0.2) is 63.9 Å². The third-order valence-electron chi connectivity index (χ3n) is 6.81. The van der Waals surface area contributed by atoms with E-state index in [1.54, 1.807) is 24.3 Å². The second-order valence-electron chi connectivity index (χ2n) is 9.10. The van der Waals surface area contributed by atoms with Gasteiger partial charge in [0.05, 0.1) is 6.54 Å². The number of rotatable bonds is 5. The Morgan fingerprint density at radius 1 is 0.943 bits per heavy atom. The fourth-order valence-corrected chi connectivity index (χ4v) is 6.18. The molecule has 9 nitrogen and oxygen atoms in total. The van der Waals surface area contributed by atoms with Gasteiger partial charge < -0.3 is 15.1 Å². The number of carbonyl (C=O) groups is 2. The zero-order valence-electron chi connectivity index (χ0n) is 19.5. The number of amides is 2. The van der Waals surface area contributed by atoms with Crippen molar-refractivity contribution in [2.45, 2.75) is 30.3 Å². The van der Waals surface area contributed by atoms with Gasteiger partial charge >= 0.3 is 0 Å². The number of amidine groups is 1. The molecule has 10 heteroatoms. The quantitative estimate of drug-likeness (QED) is 0.666. The summed E-state index contributed by atoms with van der Waals surface area (Å²) in [4.78, 5) is 31.7. The second kappa shape index (κ2) is 9.79. The van der Waals surface area contributed by atoms with Gasteiger partial charge in [-0.2, -0.15) is 8.42 Å². The summed E-state index contributed by atoms with van der Waals surface area (Å²) in [5.41, 5.74) is 1.62. The van der Waals surface area contributed by atoms with Crippen LogP contribution in [0.2, 0.25) is 0 Å². The van der Waals surface area contributed by atoms with E-state index in [1.165, 1.54) is 0 Å². The Morgan fingerprint density at radius 3 is 2.43 bits per heavy atom. The van der Waals surface area contributed by atoms with Gasteiger partial charge in [-0.15, -0.1) is 4.40 Å². The normalized spacial score (nSPS) is 21.5. The van der Waals surface area contributed by atoms with Gasteiger partial charge in [0.15, 0.2) is 5.84 Å². The Hall–Kier alpha value is -3.24. The Morgan fingerprint density at radius 2 is 1.66 bits per heavy atom. The summed E-state index contributed by atoms with van der Waals surface area (Å²) in [5.74, 6) is 0.347. The first kappa shape index (κ1) is 23.5. The lowest BCUT2D eigenvalue weighted by molar-refractivity contribution is -0.136. The third kappa shape index (κ3) is 4.94. The molecule has 3 aliphatic heterocycles. The molecule has 0 spiro atoms. The number of piperazine rings is 1. The van der Waals surface area contributed by atoms with Gasteiger partial charge in [0.2, 0.25) is 11.8 Å². The highest BCUT2D eigenvalue weighted by Gasteiger charge is 2.41. The summed E-state index contributed by atoms with van der Waals surface area (Å²) in [6.07, 6.45) is 1.47. The molecular weight excluding hydrogens is 466 g/mol. The van der Waals surface area contributed by atoms with Gasteiger partial charge in [-0.1, -0.05) is 42.5 Å². The van der Waals surface area contributed by atoms with Crippen LogP contribution in [0.4, 0.5) is 0 Å². The molecule has 5 rings (SSSR count). The molecule has 2 amide bonds. The minimum atomic E-state index is -3.73. The molecule has 3 aliphatic rings. The van der Waals surface area contributed by atoms with Crippen LogP contribution >= 0.6 is 0 Å². The first-order valence-corrected chi connectivity index (χ1v) is 13.4. The zero-order valence-corrected chi connectivity index (χ0v) is 20.3. The zero-order chi connectivity index (χ0) is 24.4. The van der Waals surface area contributed by atoms with Crippen LogP contribution in [0.5, 0.6) is 0 Å². The van der Waals surface area contributed by atoms with Crippen molar-refractivity contribution in [1.82, 2.24) is 20.0 Å². The largest absolute Gasteiger partial charge is 0.351 e. The molecule has 0 radical (unpaired) electrons. The van der Waals surface area contributed by atoms with Crippen LogP contribution in [-0.4, -0.2) is 86.1 Å². The minimum Gasteiger partial charge on any atom is -0.351 e. The lowest BCUT2D eigenvalue weighted by atomic mass is 10.1. The van der Waals surface area contributed by atoms with Gasteiger partial charge in [-0.05, 0) is 30.5 Å². The number of fused-ring (bicyclic) bond motifs is 1. The van der Waals surface area contributed by atoms with Gasteiger partial charge in [-0.3, -0.25) is 14.5 Å². The number of carbonyl (C=O) groups excluding carboxylic acids is 2. The lowest BCUT2D eigenvalue weighted by Crippen LogP contribution is -2.55.